The Kier molecular flexibility index (Phi) is 7.06. The predicted molar refractivity (Wildman–Crippen MR) is 132 cm³/mol. The number of thiophene rings is 1. The lowest BCUT2D eigenvalue weighted by atomic mass is 9.76. The molecule has 0 fully saturated rings. The fraction of sp³-hybridized carbons (Fsp3) is 0.280. The van der Waals surface area contributed by atoms with Crippen molar-refractivity contribution in [2.45, 2.75) is 39.7 Å². The number of ether oxygens (including phenoxy) is 2. The van der Waals surface area contributed by atoms with Crippen molar-refractivity contribution in [2.75, 3.05) is 0 Å². The van der Waals surface area contributed by atoms with E-state index >= 15 is 0 Å². The van der Waals surface area contributed by atoms with E-state index in [0.29, 0.717) is 38.4 Å². The molecular weight excluding hydrogens is 503 g/mol. The molecule has 0 saturated heterocycles. The highest BCUT2D eigenvalue weighted by Crippen LogP contribution is 2.42. The first-order chi connectivity index (χ1) is 15.6. The van der Waals surface area contributed by atoms with Gasteiger partial charge in [0.25, 0.3) is 0 Å². The van der Waals surface area contributed by atoms with Crippen LogP contribution < -0.4 is 9.47 Å². The second kappa shape index (κ2) is 9.67. The molecule has 0 N–H and O–H groups in total. The number of rotatable bonds is 6. The average Bonchev–Trinajstić information content (AvgIpc) is 3.05. The largest absolute Gasteiger partial charge is 0.486 e. The van der Waals surface area contributed by atoms with Crippen LogP contribution in [0.1, 0.15) is 45.9 Å². The Hall–Kier alpha value is -2.05. The Morgan fingerprint density at radius 2 is 1.79 bits per heavy atom. The summed E-state index contributed by atoms with van der Waals surface area (Å²) in [6.07, 6.45) is 1.12. The molecule has 33 heavy (non-hydrogen) atoms. The van der Waals surface area contributed by atoms with E-state index < -0.39 is 5.97 Å². The van der Waals surface area contributed by atoms with Gasteiger partial charge in [0, 0.05) is 26.8 Å². The maximum atomic E-state index is 13.1. The molecule has 0 saturated carbocycles. The van der Waals surface area contributed by atoms with E-state index in [1.165, 1.54) is 11.3 Å². The number of para-hydroxylation sites is 1. The topological polar surface area (TPSA) is 52.6 Å². The lowest BCUT2D eigenvalue weighted by Gasteiger charge is -2.28. The van der Waals surface area contributed by atoms with E-state index in [1.54, 1.807) is 42.5 Å². The van der Waals surface area contributed by atoms with Crippen LogP contribution in [0.3, 0.4) is 0 Å². The van der Waals surface area contributed by atoms with Gasteiger partial charge >= 0.3 is 5.97 Å². The summed E-state index contributed by atoms with van der Waals surface area (Å²) in [4.78, 5) is 27.6. The summed E-state index contributed by atoms with van der Waals surface area (Å²) in [5, 5.41) is 1.24. The monoisotopic (exact) mass is 522 g/mol. The van der Waals surface area contributed by atoms with Crippen LogP contribution >= 0.6 is 46.1 Å². The van der Waals surface area contributed by atoms with Crippen molar-refractivity contribution in [1.82, 2.24) is 0 Å². The van der Waals surface area contributed by atoms with E-state index in [1.807, 2.05) is 0 Å². The molecule has 0 atom stereocenters. The minimum absolute atomic E-state index is 0.0359. The third kappa shape index (κ3) is 5.55. The molecular formula is C25H21Cl3O4S. The first-order valence-electron chi connectivity index (χ1n) is 10.3. The molecule has 2 aromatic carbocycles. The quantitative estimate of drug-likeness (QED) is 0.247. The summed E-state index contributed by atoms with van der Waals surface area (Å²) in [6.45, 7) is 4.31. The summed E-state index contributed by atoms with van der Waals surface area (Å²) in [5.74, 6) is 0.302. The molecule has 0 amide bonds. The molecule has 8 heteroatoms. The molecule has 1 aromatic heterocycles. The van der Waals surface area contributed by atoms with Crippen LogP contribution in [0.4, 0.5) is 0 Å². The van der Waals surface area contributed by atoms with Crippen molar-refractivity contribution in [2.24, 2.45) is 5.41 Å². The smallest absolute Gasteiger partial charge is 0.315 e. The van der Waals surface area contributed by atoms with Crippen molar-refractivity contribution in [1.29, 1.82) is 0 Å². The number of halogens is 3. The standard InChI is InChI=1S/C25H21Cl3O4S/c1-25(2)11-18(29)24-15(10-23(30)32-20-6-4-3-5-16(20)27)22(33-21(24)12-25)13-31-19-8-7-14(26)9-17(19)28/h3-9H,10-13H2,1-2H3. The van der Waals surface area contributed by atoms with Gasteiger partial charge in [-0.2, -0.15) is 0 Å². The maximum absolute atomic E-state index is 13.1. The fourth-order valence-electron chi connectivity index (χ4n) is 3.91. The Labute approximate surface area is 211 Å². The number of carbonyl (C=O) groups is 2. The van der Waals surface area contributed by atoms with Crippen molar-refractivity contribution in [3.63, 3.8) is 0 Å². The second-order valence-electron chi connectivity index (χ2n) is 8.69. The van der Waals surface area contributed by atoms with Crippen LogP contribution in [0.25, 0.3) is 0 Å². The molecule has 0 radical (unpaired) electrons. The van der Waals surface area contributed by atoms with Gasteiger partial charge in [-0.25, -0.2) is 0 Å². The molecule has 0 unspecified atom stereocenters. The molecule has 4 nitrogen and oxygen atoms in total. The third-order valence-electron chi connectivity index (χ3n) is 5.35. The first kappa shape index (κ1) is 24.1. The zero-order chi connectivity index (χ0) is 23.8. The summed E-state index contributed by atoms with van der Waals surface area (Å²) >= 11 is 19.8. The molecule has 1 aliphatic rings. The molecule has 0 bridgehead atoms. The number of ketones is 1. The van der Waals surface area contributed by atoms with Gasteiger partial charge in [0.15, 0.2) is 5.78 Å². The summed E-state index contributed by atoms with van der Waals surface area (Å²) < 4.78 is 11.4. The van der Waals surface area contributed by atoms with Gasteiger partial charge in [0.1, 0.15) is 18.1 Å². The summed E-state index contributed by atoms with van der Waals surface area (Å²) in [5.41, 5.74) is 1.14. The van der Waals surface area contributed by atoms with Crippen LogP contribution in [-0.2, 0) is 24.2 Å². The molecule has 4 rings (SSSR count). The van der Waals surface area contributed by atoms with Gasteiger partial charge in [-0.15, -0.1) is 11.3 Å². The number of esters is 1. The van der Waals surface area contributed by atoms with Crippen LogP contribution in [-0.4, -0.2) is 11.8 Å². The average molecular weight is 524 g/mol. The minimum atomic E-state index is -0.493. The number of Topliss-reactive ketones (excluding diaryl/α,β-unsaturated/α-hetero) is 1. The number of carbonyl (C=O) groups excluding carboxylic acids is 2. The zero-order valence-electron chi connectivity index (χ0n) is 18.0. The Bertz CT molecular complexity index is 1230. The van der Waals surface area contributed by atoms with E-state index in [2.05, 4.69) is 13.8 Å². The number of hydrogen-bond donors (Lipinski definition) is 0. The molecule has 0 aliphatic heterocycles. The van der Waals surface area contributed by atoms with Gasteiger partial charge in [-0.3, -0.25) is 9.59 Å². The van der Waals surface area contributed by atoms with Gasteiger partial charge in [0.2, 0.25) is 0 Å². The zero-order valence-corrected chi connectivity index (χ0v) is 21.1. The van der Waals surface area contributed by atoms with Crippen LogP contribution in [0, 0.1) is 5.41 Å². The van der Waals surface area contributed by atoms with Crippen molar-refractivity contribution < 1.29 is 19.1 Å². The predicted octanol–water partition coefficient (Wildman–Crippen LogP) is 7.59. The van der Waals surface area contributed by atoms with Gasteiger partial charge in [0.05, 0.1) is 16.5 Å². The molecule has 0 spiro atoms. The Morgan fingerprint density at radius 1 is 1.03 bits per heavy atom. The maximum Gasteiger partial charge on any atom is 0.315 e. The lowest BCUT2D eigenvalue weighted by Crippen LogP contribution is -2.27. The SMILES string of the molecule is CC1(C)CC(=O)c2c(sc(COc3ccc(Cl)cc3Cl)c2CC(=O)Oc2ccccc2Cl)C1. The molecule has 172 valence electrons. The summed E-state index contributed by atoms with van der Waals surface area (Å²) in [6, 6.07) is 11.8. The highest BCUT2D eigenvalue weighted by molar-refractivity contribution is 7.12. The van der Waals surface area contributed by atoms with Gasteiger partial charge < -0.3 is 9.47 Å². The van der Waals surface area contributed by atoms with Crippen LogP contribution in [0.15, 0.2) is 42.5 Å². The van der Waals surface area contributed by atoms with Crippen molar-refractivity contribution in [3.8, 4) is 11.5 Å². The number of benzene rings is 2. The molecule has 1 heterocycles. The second-order valence-corrected chi connectivity index (χ2v) is 11.1. The van der Waals surface area contributed by atoms with E-state index in [4.69, 9.17) is 44.3 Å². The van der Waals surface area contributed by atoms with Gasteiger partial charge in [-0.05, 0) is 47.7 Å². The first-order valence-corrected chi connectivity index (χ1v) is 12.3. The highest BCUT2D eigenvalue weighted by Gasteiger charge is 2.36. The lowest BCUT2D eigenvalue weighted by molar-refractivity contribution is -0.133. The van der Waals surface area contributed by atoms with Crippen LogP contribution in [0.2, 0.25) is 15.1 Å². The normalized spacial score (nSPS) is 14.6. The van der Waals surface area contributed by atoms with E-state index in [-0.39, 0.29) is 30.0 Å². The number of hydrogen-bond acceptors (Lipinski definition) is 5. The molecule has 3 aromatic rings. The third-order valence-corrected chi connectivity index (χ3v) is 7.40. The minimum Gasteiger partial charge on any atom is -0.486 e. The number of fused-ring (bicyclic) bond motifs is 1. The molecule has 1 aliphatic carbocycles. The van der Waals surface area contributed by atoms with Crippen molar-refractivity contribution in [3.05, 3.63) is 78.4 Å². The Balaban J connectivity index is 1.63. The Morgan fingerprint density at radius 3 is 2.52 bits per heavy atom. The van der Waals surface area contributed by atoms with Crippen LogP contribution in [0.5, 0.6) is 11.5 Å². The van der Waals surface area contributed by atoms with Gasteiger partial charge in [-0.1, -0.05) is 60.8 Å². The van der Waals surface area contributed by atoms with E-state index in [9.17, 15) is 9.59 Å². The summed E-state index contributed by atoms with van der Waals surface area (Å²) in [7, 11) is 0. The fourth-order valence-corrected chi connectivity index (χ4v) is 6.06. The van der Waals surface area contributed by atoms with E-state index in [0.717, 1.165) is 16.2 Å². The highest BCUT2D eigenvalue weighted by atomic mass is 35.5. The van der Waals surface area contributed by atoms with Crippen molar-refractivity contribution >= 4 is 57.9 Å².